The number of aromatic nitrogens is 2. The Morgan fingerprint density at radius 1 is 0.820 bits per heavy atom. The molecule has 266 valence electrons. The summed E-state index contributed by atoms with van der Waals surface area (Å²) in [7, 11) is 7.34. The second kappa shape index (κ2) is 20.1. The molecule has 0 aliphatic carbocycles. The van der Waals surface area contributed by atoms with E-state index < -0.39 is 0 Å². The third kappa shape index (κ3) is 10.4. The minimum atomic E-state index is 0. The van der Waals surface area contributed by atoms with Crippen LogP contribution in [0.2, 0.25) is 0 Å². The molecule has 1 aromatic heterocycles. The number of hydrogen-bond donors (Lipinski definition) is 4. The summed E-state index contributed by atoms with van der Waals surface area (Å²) in [5.41, 5.74) is 27.6. The van der Waals surface area contributed by atoms with E-state index in [4.69, 9.17) is 21.9 Å². The van der Waals surface area contributed by atoms with Gasteiger partial charge in [0.1, 0.15) is 0 Å². The zero-order valence-corrected chi connectivity index (χ0v) is 30.7. The van der Waals surface area contributed by atoms with Crippen molar-refractivity contribution in [3.8, 4) is 11.3 Å². The van der Waals surface area contributed by atoms with Crippen molar-refractivity contribution < 1.29 is 0 Å². The fraction of sp³-hybridized carbons (Fsp3) is 0.421. The number of nitrogens with two attached hydrogens (primary N) is 2. The number of guanidine groups is 1. The number of rotatable bonds is 2. The molecule has 0 atom stereocenters. The number of aryl methyl sites for hydroxylation is 2. The molecule has 50 heavy (non-hydrogen) atoms. The van der Waals surface area contributed by atoms with Gasteiger partial charge < -0.3 is 21.7 Å². The van der Waals surface area contributed by atoms with Crippen LogP contribution in [0.25, 0.3) is 11.3 Å². The number of anilines is 1. The van der Waals surface area contributed by atoms with E-state index >= 15 is 0 Å². The first kappa shape index (κ1) is 47.4. The van der Waals surface area contributed by atoms with Crippen LogP contribution in [0.4, 0.5) is 5.95 Å². The van der Waals surface area contributed by atoms with E-state index in [1.165, 1.54) is 51.6 Å². The summed E-state index contributed by atoms with van der Waals surface area (Å²) >= 11 is 0. The maximum absolute atomic E-state index is 8.59. The molecule has 0 spiro atoms. The van der Waals surface area contributed by atoms with E-state index in [9.17, 15) is 0 Å². The van der Waals surface area contributed by atoms with Gasteiger partial charge in [0.15, 0.2) is 5.96 Å². The quantitative estimate of drug-likeness (QED) is 0.147. The maximum Gasteiger partial charge on any atom is 0.222 e. The fourth-order valence-electron chi connectivity index (χ4n) is 5.46. The lowest BCUT2D eigenvalue weighted by Gasteiger charge is -2.17. The summed E-state index contributed by atoms with van der Waals surface area (Å²) in [5.74, 6) is 0.780. The van der Waals surface area contributed by atoms with Crippen molar-refractivity contribution in [2.24, 2.45) is 26.4 Å². The minimum absolute atomic E-state index is 0. The monoisotopic (exact) mass is 677 g/mol. The normalized spacial score (nSPS) is 12.9. The molecule has 2 aromatic carbocycles. The van der Waals surface area contributed by atoms with Crippen LogP contribution in [0.5, 0.6) is 0 Å². The Bertz CT molecular complexity index is 1780. The largest absolute Gasteiger partial charge is 0.383 e. The minimum Gasteiger partial charge on any atom is -0.383 e. The maximum atomic E-state index is 8.59. The van der Waals surface area contributed by atoms with Gasteiger partial charge in [0.05, 0.1) is 24.5 Å². The van der Waals surface area contributed by atoms with E-state index in [1.54, 1.807) is 0 Å². The van der Waals surface area contributed by atoms with Gasteiger partial charge in [0, 0.05) is 102 Å². The van der Waals surface area contributed by atoms with Crippen LogP contribution in [-0.4, -0.2) is 89.5 Å². The summed E-state index contributed by atoms with van der Waals surface area (Å²) in [6, 6.07) is 4.40. The van der Waals surface area contributed by atoms with Crippen molar-refractivity contribution in [2.75, 3.05) is 40.1 Å². The third-order valence-corrected chi connectivity index (χ3v) is 8.64. The highest BCUT2D eigenvalue weighted by Crippen LogP contribution is 2.35. The number of nitrogens with zero attached hydrogens (tertiary/aromatic N) is 6. The van der Waals surface area contributed by atoms with Gasteiger partial charge in [0.2, 0.25) is 5.95 Å². The van der Waals surface area contributed by atoms with Crippen molar-refractivity contribution in [2.45, 2.75) is 76.8 Å². The lowest BCUT2D eigenvalue weighted by molar-refractivity contribution is 0.559. The van der Waals surface area contributed by atoms with Gasteiger partial charge in [-0.05, 0) is 101 Å². The van der Waals surface area contributed by atoms with Gasteiger partial charge in [0.25, 0.3) is 0 Å². The Kier molecular flexibility index (Phi) is 19.0. The number of fused-ring (bicyclic) bond motifs is 4. The lowest BCUT2D eigenvalue weighted by atomic mass is 9.88. The first-order valence-electron chi connectivity index (χ1n) is 15.3. The molecular formula is C38H58B2N10. The number of benzene rings is 2. The summed E-state index contributed by atoms with van der Waals surface area (Å²) < 4.78 is 0. The molecule has 0 saturated carbocycles. The van der Waals surface area contributed by atoms with E-state index in [1.807, 2.05) is 45.4 Å². The SMILES string of the molecule is C.C.CC1=NC/C(=C\N(C)C)C(=N)c2c1cc(C)c(C)c2C.CN=C(N)N.CNc1ncc2c(n1)-c1c(cc(C)c(C)c1C)C(C)=NC2.[B].[B]. The second-order valence-electron chi connectivity index (χ2n) is 12.0. The molecular weight excluding hydrogens is 618 g/mol. The van der Waals surface area contributed by atoms with Crippen LogP contribution in [0.15, 0.2) is 45.1 Å². The predicted octanol–water partition coefficient (Wildman–Crippen LogP) is 6.08. The van der Waals surface area contributed by atoms with Crippen molar-refractivity contribution in [1.82, 2.24) is 14.9 Å². The molecule has 0 fully saturated rings. The van der Waals surface area contributed by atoms with E-state index in [0.717, 1.165) is 39.4 Å². The van der Waals surface area contributed by atoms with Crippen LogP contribution >= 0.6 is 0 Å². The molecule has 0 amide bonds. The van der Waals surface area contributed by atoms with Crippen molar-refractivity contribution in [3.05, 3.63) is 85.7 Å². The van der Waals surface area contributed by atoms with Crippen LogP contribution < -0.4 is 16.8 Å². The third-order valence-electron chi connectivity index (χ3n) is 8.64. The van der Waals surface area contributed by atoms with Crippen molar-refractivity contribution >= 4 is 45.9 Å². The number of aliphatic imine (C=N–C) groups is 3. The molecule has 0 saturated heterocycles. The topological polar surface area (TPSA) is 154 Å². The summed E-state index contributed by atoms with van der Waals surface area (Å²) in [4.78, 5) is 23.7. The van der Waals surface area contributed by atoms with Gasteiger partial charge in [-0.25, -0.2) is 9.97 Å². The molecule has 0 unspecified atom stereocenters. The van der Waals surface area contributed by atoms with Crippen LogP contribution in [0, 0.1) is 47.0 Å². The number of hydrogen-bond acceptors (Lipinski definition) is 8. The summed E-state index contributed by atoms with van der Waals surface area (Å²) in [5, 5.41) is 11.6. The van der Waals surface area contributed by atoms with Gasteiger partial charge in [-0.2, -0.15) is 0 Å². The molecule has 6 radical (unpaired) electrons. The average molecular weight is 677 g/mol. The van der Waals surface area contributed by atoms with Crippen molar-refractivity contribution in [1.29, 1.82) is 5.41 Å². The van der Waals surface area contributed by atoms with Crippen molar-refractivity contribution in [3.63, 3.8) is 0 Å². The van der Waals surface area contributed by atoms with Crippen LogP contribution in [0.3, 0.4) is 0 Å². The summed E-state index contributed by atoms with van der Waals surface area (Å²) in [6.45, 7) is 18.2. The van der Waals surface area contributed by atoms with E-state index in [-0.39, 0.29) is 37.6 Å². The highest BCUT2D eigenvalue weighted by Gasteiger charge is 2.23. The molecule has 3 aromatic rings. The Hall–Kier alpha value is -4.73. The molecule has 2 aliphatic rings. The second-order valence-corrected chi connectivity index (χ2v) is 12.0. The fourth-order valence-corrected chi connectivity index (χ4v) is 5.46. The lowest BCUT2D eigenvalue weighted by Crippen LogP contribution is -2.21. The number of nitrogens with one attached hydrogen (secondary N) is 2. The van der Waals surface area contributed by atoms with Gasteiger partial charge in [-0.3, -0.25) is 20.4 Å². The molecule has 10 nitrogen and oxygen atoms in total. The zero-order chi connectivity index (χ0) is 34.5. The molecule has 0 bridgehead atoms. The highest BCUT2D eigenvalue weighted by molar-refractivity contribution is 6.20. The Balaban J connectivity index is 0. The highest BCUT2D eigenvalue weighted by atomic mass is 15.1. The Morgan fingerprint density at radius 3 is 1.74 bits per heavy atom. The average Bonchev–Trinajstić information content (AvgIpc) is 3.22. The molecule has 3 heterocycles. The summed E-state index contributed by atoms with van der Waals surface area (Å²) in [6.07, 6.45) is 3.89. The molecule has 12 heteroatoms. The molecule has 5 rings (SSSR count). The zero-order valence-electron chi connectivity index (χ0n) is 30.7. The van der Waals surface area contributed by atoms with E-state index in [2.05, 4.69) is 85.9 Å². The van der Waals surface area contributed by atoms with Gasteiger partial charge >= 0.3 is 0 Å². The van der Waals surface area contributed by atoms with E-state index in [0.29, 0.717) is 24.7 Å². The molecule has 2 aliphatic heterocycles. The standard InChI is InChI=1S/C17H20N4.C17H23N3.C2H7N3.2CH4.2B/c1-9-6-14-12(4)19-7-13-8-20-17(18-5)21-16(13)15(14)11(3)10(9)2;1-10-7-15-13(4)19-8-14(9-20(5)6)17(18)16(15)12(3)11(10)2;1-5-2(3)4;;;;/h6,8H,7H2,1-5H3,(H,18,20,21);7,9,18H,8H2,1-6H3;1H3,(H4,3,4,5);2*1H4;;/b;14-9+,18-17?;;;;;. The van der Waals surface area contributed by atoms with Gasteiger partial charge in [-0.1, -0.05) is 14.9 Å². The Morgan fingerprint density at radius 2 is 1.28 bits per heavy atom. The molecule has 6 N–H and O–H groups in total. The first-order chi connectivity index (χ1) is 21.6. The Labute approximate surface area is 305 Å². The van der Waals surface area contributed by atoms with Gasteiger partial charge in [-0.15, -0.1) is 0 Å². The first-order valence-corrected chi connectivity index (χ1v) is 15.3. The van der Waals surface area contributed by atoms with Crippen LogP contribution in [0.1, 0.15) is 84.3 Å². The smallest absolute Gasteiger partial charge is 0.222 e. The van der Waals surface area contributed by atoms with Crippen LogP contribution in [-0.2, 0) is 6.54 Å². The predicted molar refractivity (Wildman–Crippen MR) is 220 cm³/mol.